The zero-order chi connectivity index (χ0) is 11.5. The molecule has 0 spiro atoms. The van der Waals surface area contributed by atoms with Crippen molar-refractivity contribution in [2.75, 3.05) is 14.1 Å². The number of aromatic nitrogens is 1. The summed E-state index contributed by atoms with van der Waals surface area (Å²) in [5, 5.41) is 6.95. The number of thiazole rings is 1. The molecule has 3 nitrogen and oxygen atoms in total. The third-order valence-electron chi connectivity index (χ3n) is 3.34. The lowest BCUT2D eigenvalue weighted by molar-refractivity contribution is 0.293. The zero-order valence-electron chi connectivity index (χ0n) is 10.4. The third kappa shape index (κ3) is 3.03. The van der Waals surface area contributed by atoms with E-state index >= 15 is 0 Å². The monoisotopic (exact) mass is 239 g/mol. The Morgan fingerprint density at radius 3 is 2.88 bits per heavy atom. The van der Waals surface area contributed by atoms with Crippen LogP contribution in [0.4, 0.5) is 0 Å². The van der Waals surface area contributed by atoms with Gasteiger partial charge < -0.3 is 10.2 Å². The fraction of sp³-hybridized carbons (Fsp3) is 0.750. The summed E-state index contributed by atoms with van der Waals surface area (Å²) in [6.45, 7) is 2.99. The Balaban J connectivity index is 1.75. The second-order valence-corrected chi connectivity index (χ2v) is 5.83. The summed E-state index contributed by atoms with van der Waals surface area (Å²) in [6, 6.07) is 1.44. The van der Waals surface area contributed by atoms with Gasteiger partial charge in [0.2, 0.25) is 0 Å². The van der Waals surface area contributed by atoms with Gasteiger partial charge in [0.15, 0.2) is 0 Å². The third-order valence-corrected chi connectivity index (χ3v) is 4.31. The Hall–Kier alpha value is -0.450. The molecular formula is C12H21N3S. The first-order valence-corrected chi connectivity index (χ1v) is 6.84. The molecule has 0 saturated heterocycles. The molecule has 0 aliphatic heterocycles. The molecule has 2 rings (SSSR count). The lowest BCUT2D eigenvalue weighted by Gasteiger charge is -2.19. The smallest absolute Gasteiger partial charge is 0.107 e. The van der Waals surface area contributed by atoms with Crippen LogP contribution >= 0.6 is 11.3 Å². The summed E-state index contributed by atoms with van der Waals surface area (Å²) in [6.07, 6.45) is 3.89. The molecule has 1 heterocycles. The van der Waals surface area contributed by atoms with Crippen LogP contribution in [-0.2, 0) is 6.54 Å². The fourth-order valence-corrected chi connectivity index (χ4v) is 3.05. The molecular weight excluding hydrogens is 218 g/mol. The van der Waals surface area contributed by atoms with Crippen molar-refractivity contribution in [1.29, 1.82) is 0 Å². The van der Waals surface area contributed by atoms with Crippen molar-refractivity contribution >= 4 is 11.3 Å². The maximum atomic E-state index is 4.47. The van der Waals surface area contributed by atoms with Crippen molar-refractivity contribution in [2.24, 2.45) is 0 Å². The van der Waals surface area contributed by atoms with E-state index in [-0.39, 0.29) is 0 Å². The summed E-state index contributed by atoms with van der Waals surface area (Å²) in [7, 11) is 4.36. The fourth-order valence-electron chi connectivity index (χ4n) is 2.33. The minimum absolute atomic E-state index is 0.677. The molecule has 0 radical (unpaired) electrons. The SMILES string of the molecule is Cc1csc(CNC2CCC(N(C)C)C2)n1. The number of hydrogen-bond donors (Lipinski definition) is 1. The first kappa shape index (κ1) is 12.0. The predicted octanol–water partition coefficient (Wildman–Crippen LogP) is 2.02. The first-order chi connectivity index (χ1) is 7.65. The van der Waals surface area contributed by atoms with E-state index in [9.17, 15) is 0 Å². The molecule has 2 unspecified atom stereocenters. The van der Waals surface area contributed by atoms with E-state index in [1.807, 2.05) is 0 Å². The molecule has 16 heavy (non-hydrogen) atoms. The van der Waals surface area contributed by atoms with Crippen LogP contribution in [0, 0.1) is 6.92 Å². The van der Waals surface area contributed by atoms with Gasteiger partial charge in [-0.05, 0) is 40.3 Å². The van der Waals surface area contributed by atoms with Gasteiger partial charge >= 0.3 is 0 Å². The molecule has 4 heteroatoms. The van der Waals surface area contributed by atoms with E-state index in [1.54, 1.807) is 11.3 Å². The Morgan fingerprint density at radius 1 is 1.50 bits per heavy atom. The number of rotatable bonds is 4. The molecule has 1 N–H and O–H groups in total. The average molecular weight is 239 g/mol. The summed E-state index contributed by atoms with van der Waals surface area (Å²) in [5.74, 6) is 0. The van der Waals surface area contributed by atoms with E-state index < -0.39 is 0 Å². The highest BCUT2D eigenvalue weighted by Gasteiger charge is 2.25. The van der Waals surface area contributed by atoms with Crippen LogP contribution in [-0.4, -0.2) is 36.1 Å². The van der Waals surface area contributed by atoms with Crippen LogP contribution in [0.25, 0.3) is 0 Å². The van der Waals surface area contributed by atoms with Gasteiger partial charge in [-0.3, -0.25) is 0 Å². The molecule has 1 aromatic heterocycles. The second kappa shape index (κ2) is 5.25. The first-order valence-electron chi connectivity index (χ1n) is 5.96. The van der Waals surface area contributed by atoms with Gasteiger partial charge in [0, 0.05) is 29.7 Å². The second-order valence-electron chi connectivity index (χ2n) is 4.89. The molecule has 1 aliphatic carbocycles. The molecule has 1 saturated carbocycles. The molecule has 1 aromatic rings. The van der Waals surface area contributed by atoms with Crippen LogP contribution in [0.1, 0.15) is 30.0 Å². The van der Waals surface area contributed by atoms with Gasteiger partial charge in [0.05, 0.1) is 0 Å². The van der Waals surface area contributed by atoms with Crippen LogP contribution in [0.5, 0.6) is 0 Å². The van der Waals surface area contributed by atoms with Crippen molar-refractivity contribution in [2.45, 2.75) is 44.8 Å². The quantitative estimate of drug-likeness (QED) is 0.871. The summed E-state index contributed by atoms with van der Waals surface area (Å²) in [4.78, 5) is 6.81. The average Bonchev–Trinajstić information content (AvgIpc) is 2.83. The standard InChI is InChI=1S/C12H21N3S/c1-9-8-16-12(14-9)7-13-10-4-5-11(6-10)15(2)3/h8,10-11,13H,4-7H2,1-3H3. The Morgan fingerprint density at radius 2 is 2.31 bits per heavy atom. The lowest BCUT2D eigenvalue weighted by Crippen LogP contribution is -2.30. The van der Waals surface area contributed by atoms with Crippen molar-refractivity contribution in [1.82, 2.24) is 15.2 Å². The molecule has 0 bridgehead atoms. The van der Waals surface area contributed by atoms with E-state index in [0.29, 0.717) is 6.04 Å². The summed E-state index contributed by atoms with van der Waals surface area (Å²) < 4.78 is 0. The molecule has 1 fully saturated rings. The molecule has 1 aliphatic rings. The highest BCUT2D eigenvalue weighted by atomic mass is 32.1. The highest BCUT2D eigenvalue weighted by molar-refractivity contribution is 7.09. The molecule has 0 amide bonds. The Kier molecular flexibility index (Phi) is 3.95. The number of aryl methyl sites for hydroxylation is 1. The summed E-state index contributed by atoms with van der Waals surface area (Å²) >= 11 is 1.76. The molecule has 0 aromatic carbocycles. The zero-order valence-corrected chi connectivity index (χ0v) is 11.2. The Bertz CT molecular complexity index is 335. The van der Waals surface area contributed by atoms with Crippen molar-refractivity contribution in [3.8, 4) is 0 Å². The van der Waals surface area contributed by atoms with E-state index in [1.165, 1.54) is 24.3 Å². The van der Waals surface area contributed by atoms with Crippen LogP contribution in [0.15, 0.2) is 5.38 Å². The normalized spacial score (nSPS) is 25.5. The van der Waals surface area contributed by atoms with Gasteiger partial charge in [0.25, 0.3) is 0 Å². The topological polar surface area (TPSA) is 28.2 Å². The number of hydrogen-bond acceptors (Lipinski definition) is 4. The van der Waals surface area contributed by atoms with Crippen molar-refractivity contribution in [3.05, 3.63) is 16.1 Å². The van der Waals surface area contributed by atoms with Gasteiger partial charge in [-0.25, -0.2) is 4.98 Å². The molecule has 2 atom stereocenters. The number of nitrogens with one attached hydrogen (secondary N) is 1. The largest absolute Gasteiger partial charge is 0.308 e. The van der Waals surface area contributed by atoms with Crippen molar-refractivity contribution in [3.63, 3.8) is 0 Å². The van der Waals surface area contributed by atoms with Crippen LogP contribution < -0.4 is 5.32 Å². The number of nitrogens with zero attached hydrogens (tertiary/aromatic N) is 2. The van der Waals surface area contributed by atoms with Gasteiger partial charge in [-0.15, -0.1) is 11.3 Å². The molecule has 90 valence electrons. The van der Waals surface area contributed by atoms with E-state index in [2.05, 4.69) is 41.6 Å². The minimum atomic E-state index is 0.677. The van der Waals surface area contributed by atoms with Gasteiger partial charge in [-0.2, -0.15) is 0 Å². The van der Waals surface area contributed by atoms with E-state index in [0.717, 1.165) is 18.3 Å². The highest BCUT2D eigenvalue weighted by Crippen LogP contribution is 2.22. The maximum absolute atomic E-state index is 4.47. The lowest BCUT2D eigenvalue weighted by atomic mass is 10.2. The van der Waals surface area contributed by atoms with Crippen LogP contribution in [0.2, 0.25) is 0 Å². The predicted molar refractivity (Wildman–Crippen MR) is 68.8 cm³/mol. The van der Waals surface area contributed by atoms with Crippen LogP contribution in [0.3, 0.4) is 0 Å². The Labute approximate surface area is 102 Å². The van der Waals surface area contributed by atoms with Crippen molar-refractivity contribution < 1.29 is 0 Å². The summed E-state index contributed by atoms with van der Waals surface area (Å²) in [5.41, 5.74) is 1.14. The van der Waals surface area contributed by atoms with E-state index in [4.69, 9.17) is 0 Å². The van der Waals surface area contributed by atoms with Gasteiger partial charge in [0.1, 0.15) is 5.01 Å². The minimum Gasteiger partial charge on any atom is -0.308 e. The maximum Gasteiger partial charge on any atom is 0.107 e. The van der Waals surface area contributed by atoms with Gasteiger partial charge in [-0.1, -0.05) is 0 Å².